The van der Waals surface area contributed by atoms with E-state index in [4.69, 9.17) is 4.42 Å². The van der Waals surface area contributed by atoms with Crippen LogP contribution in [0.4, 0.5) is 5.88 Å². The minimum Gasteiger partial charge on any atom is -0.419 e. The molecule has 0 atom stereocenters. The standard InChI is InChI=1S/C23H19IN2O3S/c1-16-10-12-20(13-11-16)30(27,28)23-22(25-15-17-6-3-2-4-7-17)29-21(26-23)18-8-5-9-19(24)14-18/h2-14,25H,15H2,1H3. The molecule has 0 spiro atoms. The summed E-state index contributed by atoms with van der Waals surface area (Å²) in [5, 5.41) is 3.00. The summed E-state index contributed by atoms with van der Waals surface area (Å²) in [5.41, 5.74) is 2.70. The largest absolute Gasteiger partial charge is 0.419 e. The lowest BCUT2D eigenvalue weighted by Gasteiger charge is -2.06. The van der Waals surface area contributed by atoms with Crippen LogP contribution < -0.4 is 5.32 Å². The normalized spacial score (nSPS) is 11.4. The van der Waals surface area contributed by atoms with E-state index >= 15 is 0 Å². The van der Waals surface area contributed by atoms with E-state index in [0.717, 1.165) is 20.3 Å². The summed E-state index contributed by atoms with van der Waals surface area (Å²) in [6.45, 7) is 2.33. The monoisotopic (exact) mass is 530 g/mol. The number of sulfone groups is 1. The number of hydrogen-bond acceptors (Lipinski definition) is 5. The zero-order chi connectivity index (χ0) is 21.1. The van der Waals surface area contributed by atoms with Gasteiger partial charge in [0, 0.05) is 15.7 Å². The first kappa shape index (κ1) is 20.6. The molecule has 0 bridgehead atoms. The molecule has 0 aliphatic carbocycles. The molecular formula is C23H19IN2O3S. The third-order valence-electron chi connectivity index (χ3n) is 4.55. The Labute approximate surface area is 189 Å². The summed E-state index contributed by atoms with van der Waals surface area (Å²) >= 11 is 2.20. The Balaban J connectivity index is 1.77. The Morgan fingerprint density at radius 1 is 0.967 bits per heavy atom. The minimum absolute atomic E-state index is 0.115. The van der Waals surface area contributed by atoms with Crippen LogP contribution in [0.25, 0.3) is 11.5 Å². The highest BCUT2D eigenvalue weighted by Gasteiger charge is 2.28. The van der Waals surface area contributed by atoms with Crippen LogP contribution in [0.2, 0.25) is 0 Å². The second-order valence-electron chi connectivity index (χ2n) is 6.82. The number of nitrogens with zero attached hydrogens (tertiary/aromatic N) is 1. The Bertz CT molecular complexity index is 1270. The van der Waals surface area contributed by atoms with Gasteiger partial charge >= 0.3 is 0 Å². The van der Waals surface area contributed by atoms with Gasteiger partial charge in [-0.2, -0.15) is 4.98 Å². The Morgan fingerprint density at radius 3 is 2.40 bits per heavy atom. The molecule has 0 aliphatic heterocycles. The van der Waals surface area contributed by atoms with Crippen molar-refractivity contribution in [1.29, 1.82) is 0 Å². The highest BCUT2D eigenvalue weighted by atomic mass is 127. The molecule has 152 valence electrons. The van der Waals surface area contributed by atoms with Gasteiger partial charge in [0.05, 0.1) is 4.90 Å². The molecule has 7 heteroatoms. The lowest BCUT2D eigenvalue weighted by Crippen LogP contribution is -2.07. The summed E-state index contributed by atoms with van der Waals surface area (Å²) in [5.74, 6) is 0.392. The smallest absolute Gasteiger partial charge is 0.234 e. The van der Waals surface area contributed by atoms with Crippen molar-refractivity contribution in [2.75, 3.05) is 5.32 Å². The SMILES string of the molecule is Cc1ccc(S(=O)(=O)c2nc(-c3cccc(I)c3)oc2NCc2ccccc2)cc1. The molecule has 0 aliphatic rings. The van der Waals surface area contributed by atoms with E-state index in [-0.39, 0.29) is 21.7 Å². The summed E-state index contributed by atoms with van der Waals surface area (Å²) in [6.07, 6.45) is 0. The van der Waals surface area contributed by atoms with Gasteiger partial charge in [-0.3, -0.25) is 0 Å². The highest BCUT2D eigenvalue weighted by Crippen LogP contribution is 2.33. The number of anilines is 1. The van der Waals surface area contributed by atoms with Gasteiger partial charge in [-0.05, 0) is 65.4 Å². The number of nitrogens with one attached hydrogen (secondary N) is 1. The average molecular weight is 530 g/mol. The summed E-state index contributed by atoms with van der Waals surface area (Å²) in [6, 6.07) is 24.0. The van der Waals surface area contributed by atoms with Crippen molar-refractivity contribution in [1.82, 2.24) is 4.98 Å². The van der Waals surface area contributed by atoms with Gasteiger partial charge in [-0.15, -0.1) is 0 Å². The molecule has 1 heterocycles. The maximum absolute atomic E-state index is 13.3. The van der Waals surface area contributed by atoms with Gasteiger partial charge in [0.1, 0.15) is 0 Å². The minimum atomic E-state index is -3.86. The average Bonchev–Trinajstić information content (AvgIpc) is 3.19. The van der Waals surface area contributed by atoms with Crippen LogP contribution >= 0.6 is 22.6 Å². The van der Waals surface area contributed by atoms with Crippen LogP contribution in [0, 0.1) is 10.5 Å². The molecule has 4 aromatic rings. The van der Waals surface area contributed by atoms with E-state index in [9.17, 15) is 8.42 Å². The van der Waals surface area contributed by atoms with Gasteiger partial charge in [-0.25, -0.2) is 8.42 Å². The Hall–Kier alpha value is -2.65. The van der Waals surface area contributed by atoms with Crippen LogP contribution in [-0.4, -0.2) is 13.4 Å². The first-order valence-electron chi connectivity index (χ1n) is 9.30. The van der Waals surface area contributed by atoms with Crippen LogP contribution in [0.15, 0.2) is 93.2 Å². The quantitative estimate of drug-likeness (QED) is 0.324. The molecule has 30 heavy (non-hydrogen) atoms. The van der Waals surface area contributed by atoms with E-state index in [1.807, 2.05) is 61.5 Å². The van der Waals surface area contributed by atoms with Crippen LogP contribution in [0.1, 0.15) is 11.1 Å². The predicted molar refractivity (Wildman–Crippen MR) is 125 cm³/mol. The molecule has 1 aromatic heterocycles. The number of oxazole rings is 1. The molecule has 5 nitrogen and oxygen atoms in total. The molecule has 0 saturated heterocycles. The zero-order valence-corrected chi connectivity index (χ0v) is 19.1. The fourth-order valence-electron chi connectivity index (χ4n) is 2.95. The van der Waals surface area contributed by atoms with Gasteiger partial charge < -0.3 is 9.73 Å². The van der Waals surface area contributed by atoms with E-state index < -0.39 is 9.84 Å². The Kier molecular flexibility index (Phi) is 5.92. The molecule has 0 fully saturated rings. The van der Waals surface area contributed by atoms with Crippen molar-refractivity contribution < 1.29 is 12.8 Å². The van der Waals surface area contributed by atoms with Crippen molar-refractivity contribution in [3.8, 4) is 11.5 Å². The molecule has 0 amide bonds. The first-order chi connectivity index (χ1) is 14.4. The summed E-state index contributed by atoms with van der Waals surface area (Å²) in [4.78, 5) is 4.56. The number of hydrogen-bond donors (Lipinski definition) is 1. The third-order valence-corrected chi connectivity index (χ3v) is 6.90. The number of halogens is 1. The van der Waals surface area contributed by atoms with E-state index in [1.54, 1.807) is 24.3 Å². The predicted octanol–water partition coefficient (Wildman–Crippen LogP) is 5.70. The topological polar surface area (TPSA) is 72.2 Å². The summed E-state index contributed by atoms with van der Waals surface area (Å²) in [7, 11) is -3.86. The molecule has 4 rings (SSSR count). The first-order valence-corrected chi connectivity index (χ1v) is 11.9. The molecular weight excluding hydrogens is 511 g/mol. The summed E-state index contributed by atoms with van der Waals surface area (Å²) < 4.78 is 33.6. The van der Waals surface area contributed by atoms with E-state index in [0.29, 0.717) is 6.54 Å². The molecule has 0 saturated carbocycles. The van der Waals surface area contributed by atoms with Crippen molar-refractivity contribution in [2.45, 2.75) is 23.4 Å². The number of rotatable bonds is 6. The lowest BCUT2D eigenvalue weighted by atomic mass is 10.2. The van der Waals surface area contributed by atoms with Gasteiger partial charge in [-0.1, -0.05) is 54.1 Å². The van der Waals surface area contributed by atoms with Crippen molar-refractivity contribution in [3.05, 3.63) is 93.6 Å². The number of benzene rings is 3. The highest BCUT2D eigenvalue weighted by molar-refractivity contribution is 14.1. The van der Waals surface area contributed by atoms with Gasteiger partial charge in [0.2, 0.25) is 26.6 Å². The molecule has 0 radical (unpaired) electrons. The second kappa shape index (κ2) is 8.61. The van der Waals surface area contributed by atoms with Crippen molar-refractivity contribution >= 4 is 38.3 Å². The Morgan fingerprint density at radius 2 is 1.70 bits per heavy atom. The molecule has 3 aromatic carbocycles. The fraction of sp³-hybridized carbons (Fsp3) is 0.0870. The van der Waals surface area contributed by atoms with Crippen LogP contribution in [0.5, 0.6) is 0 Å². The van der Waals surface area contributed by atoms with Crippen molar-refractivity contribution in [3.63, 3.8) is 0 Å². The lowest BCUT2D eigenvalue weighted by molar-refractivity contribution is 0.576. The third kappa shape index (κ3) is 4.41. The van der Waals surface area contributed by atoms with Gasteiger partial charge in [0.25, 0.3) is 0 Å². The van der Waals surface area contributed by atoms with Crippen molar-refractivity contribution in [2.24, 2.45) is 0 Å². The maximum atomic E-state index is 13.3. The molecule has 1 N–H and O–H groups in total. The van der Waals surface area contributed by atoms with E-state index in [2.05, 4.69) is 32.9 Å². The fourth-order valence-corrected chi connectivity index (χ4v) is 4.77. The second-order valence-corrected chi connectivity index (χ2v) is 9.93. The van der Waals surface area contributed by atoms with Crippen LogP contribution in [0.3, 0.4) is 0 Å². The maximum Gasteiger partial charge on any atom is 0.234 e. The number of aryl methyl sites for hydroxylation is 1. The molecule has 0 unspecified atom stereocenters. The van der Waals surface area contributed by atoms with Crippen LogP contribution in [-0.2, 0) is 16.4 Å². The van der Waals surface area contributed by atoms with E-state index in [1.165, 1.54) is 0 Å². The number of aromatic nitrogens is 1. The zero-order valence-electron chi connectivity index (χ0n) is 16.2. The van der Waals surface area contributed by atoms with Gasteiger partial charge in [0.15, 0.2) is 0 Å².